The van der Waals surface area contributed by atoms with E-state index in [9.17, 15) is 10.1 Å². The highest BCUT2D eigenvalue weighted by Gasteiger charge is 2.11. The maximum atomic E-state index is 10.6. The minimum atomic E-state index is -0.369. The molecule has 0 bridgehead atoms. The van der Waals surface area contributed by atoms with E-state index in [0.717, 1.165) is 51.5 Å². The van der Waals surface area contributed by atoms with Gasteiger partial charge in [0.05, 0.1) is 18.1 Å². The third-order valence-corrected chi connectivity index (χ3v) is 3.50. The number of ether oxygens (including phenoxy) is 1. The number of benzene rings is 1. The summed E-state index contributed by atoms with van der Waals surface area (Å²) >= 11 is 0. The summed E-state index contributed by atoms with van der Waals surface area (Å²) in [6.07, 6.45) is 0. The average molecular weight is 279 g/mol. The smallest absolute Gasteiger partial charge is 0.269 e. The molecule has 6 nitrogen and oxygen atoms in total. The summed E-state index contributed by atoms with van der Waals surface area (Å²) in [5, 5.41) is 10.6. The van der Waals surface area contributed by atoms with Crippen molar-refractivity contribution in [1.29, 1.82) is 0 Å². The van der Waals surface area contributed by atoms with Crippen molar-refractivity contribution in [3.8, 4) is 0 Å². The van der Waals surface area contributed by atoms with Gasteiger partial charge in [-0.3, -0.25) is 15.0 Å². The van der Waals surface area contributed by atoms with Gasteiger partial charge < -0.3 is 9.64 Å². The van der Waals surface area contributed by atoms with Gasteiger partial charge in [0.15, 0.2) is 0 Å². The van der Waals surface area contributed by atoms with Crippen LogP contribution in [-0.4, -0.2) is 61.2 Å². The fourth-order valence-electron chi connectivity index (χ4n) is 2.25. The minimum Gasteiger partial charge on any atom is -0.379 e. The van der Waals surface area contributed by atoms with Gasteiger partial charge in [0, 0.05) is 44.9 Å². The van der Waals surface area contributed by atoms with Crippen LogP contribution in [0.3, 0.4) is 0 Å². The molecule has 0 amide bonds. The van der Waals surface area contributed by atoms with Crippen molar-refractivity contribution in [2.24, 2.45) is 0 Å². The Bertz CT molecular complexity index is 430. The molecule has 1 aromatic rings. The molecule has 1 aliphatic rings. The molecule has 0 unspecified atom stereocenters. The summed E-state index contributed by atoms with van der Waals surface area (Å²) in [5.41, 5.74) is 1.24. The molecule has 1 saturated heterocycles. The Labute approximate surface area is 119 Å². The third kappa shape index (κ3) is 4.56. The van der Waals surface area contributed by atoms with Crippen LogP contribution in [0.25, 0.3) is 0 Å². The molecule has 1 heterocycles. The summed E-state index contributed by atoms with van der Waals surface area (Å²) in [5.74, 6) is 0. The zero-order chi connectivity index (χ0) is 14.4. The Balaban J connectivity index is 1.75. The predicted octanol–water partition coefficient (Wildman–Crippen LogP) is 1.36. The first-order valence-electron chi connectivity index (χ1n) is 6.87. The SMILES string of the molecule is CN(CCN1CCOCC1)Cc1ccc([N+](=O)[O-])cc1. The van der Waals surface area contributed by atoms with Crippen molar-refractivity contribution in [2.45, 2.75) is 6.54 Å². The fourth-order valence-corrected chi connectivity index (χ4v) is 2.25. The molecule has 1 aromatic carbocycles. The topological polar surface area (TPSA) is 58.8 Å². The first-order chi connectivity index (χ1) is 9.65. The quantitative estimate of drug-likeness (QED) is 0.581. The van der Waals surface area contributed by atoms with E-state index < -0.39 is 0 Å². The fraction of sp³-hybridized carbons (Fsp3) is 0.571. The first kappa shape index (κ1) is 14.9. The maximum Gasteiger partial charge on any atom is 0.269 e. The second-order valence-electron chi connectivity index (χ2n) is 5.12. The number of morpholine rings is 1. The summed E-state index contributed by atoms with van der Waals surface area (Å²) in [6, 6.07) is 6.77. The summed E-state index contributed by atoms with van der Waals surface area (Å²) in [4.78, 5) is 14.9. The van der Waals surface area contributed by atoms with Crippen molar-refractivity contribution in [3.63, 3.8) is 0 Å². The highest BCUT2D eigenvalue weighted by atomic mass is 16.6. The number of likely N-dealkylation sites (N-methyl/N-ethyl adjacent to an activating group) is 1. The molecule has 0 spiro atoms. The van der Waals surface area contributed by atoms with Gasteiger partial charge in [0.1, 0.15) is 0 Å². The highest BCUT2D eigenvalue weighted by molar-refractivity contribution is 5.32. The monoisotopic (exact) mass is 279 g/mol. The van der Waals surface area contributed by atoms with Crippen LogP contribution in [0.15, 0.2) is 24.3 Å². The zero-order valence-electron chi connectivity index (χ0n) is 11.8. The first-order valence-corrected chi connectivity index (χ1v) is 6.87. The Kier molecular flexibility index (Phi) is 5.46. The number of nitro benzene ring substituents is 1. The number of nitrogens with zero attached hydrogens (tertiary/aromatic N) is 3. The predicted molar refractivity (Wildman–Crippen MR) is 76.7 cm³/mol. The molecule has 0 atom stereocenters. The number of hydrogen-bond acceptors (Lipinski definition) is 5. The lowest BCUT2D eigenvalue weighted by molar-refractivity contribution is -0.384. The van der Waals surface area contributed by atoms with E-state index in [2.05, 4.69) is 16.8 Å². The van der Waals surface area contributed by atoms with E-state index >= 15 is 0 Å². The molecule has 0 N–H and O–H groups in total. The van der Waals surface area contributed by atoms with Gasteiger partial charge in [-0.15, -0.1) is 0 Å². The van der Waals surface area contributed by atoms with E-state index in [0.29, 0.717) is 0 Å². The molecular formula is C14H21N3O3. The molecular weight excluding hydrogens is 258 g/mol. The van der Waals surface area contributed by atoms with E-state index in [1.54, 1.807) is 12.1 Å². The van der Waals surface area contributed by atoms with E-state index in [1.165, 1.54) is 0 Å². The number of rotatable bonds is 6. The summed E-state index contributed by atoms with van der Waals surface area (Å²) < 4.78 is 5.32. The lowest BCUT2D eigenvalue weighted by Crippen LogP contribution is -2.40. The van der Waals surface area contributed by atoms with Crippen molar-refractivity contribution in [2.75, 3.05) is 46.4 Å². The molecule has 110 valence electrons. The van der Waals surface area contributed by atoms with Crippen LogP contribution in [0.4, 0.5) is 5.69 Å². The van der Waals surface area contributed by atoms with Crippen molar-refractivity contribution >= 4 is 5.69 Å². The average Bonchev–Trinajstić information content (AvgIpc) is 2.47. The maximum absolute atomic E-state index is 10.6. The highest BCUT2D eigenvalue weighted by Crippen LogP contribution is 2.13. The van der Waals surface area contributed by atoms with Crippen LogP contribution >= 0.6 is 0 Å². The van der Waals surface area contributed by atoms with Gasteiger partial charge in [-0.1, -0.05) is 12.1 Å². The van der Waals surface area contributed by atoms with Gasteiger partial charge >= 0.3 is 0 Å². The van der Waals surface area contributed by atoms with Gasteiger partial charge in [-0.05, 0) is 12.6 Å². The second kappa shape index (κ2) is 7.33. The van der Waals surface area contributed by atoms with Crippen LogP contribution in [0.2, 0.25) is 0 Å². The third-order valence-electron chi connectivity index (χ3n) is 3.50. The Morgan fingerprint density at radius 2 is 1.95 bits per heavy atom. The lowest BCUT2D eigenvalue weighted by atomic mass is 10.2. The Morgan fingerprint density at radius 3 is 2.55 bits per heavy atom. The molecule has 6 heteroatoms. The van der Waals surface area contributed by atoms with Gasteiger partial charge in [0.2, 0.25) is 0 Å². The van der Waals surface area contributed by atoms with Crippen LogP contribution < -0.4 is 0 Å². The van der Waals surface area contributed by atoms with Crippen LogP contribution in [0.1, 0.15) is 5.56 Å². The van der Waals surface area contributed by atoms with Gasteiger partial charge in [0.25, 0.3) is 5.69 Å². The molecule has 1 fully saturated rings. The molecule has 0 aliphatic carbocycles. The van der Waals surface area contributed by atoms with Gasteiger partial charge in [-0.2, -0.15) is 0 Å². The lowest BCUT2D eigenvalue weighted by Gasteiger charge is -2.28. The van der Waals surface area contributed by atoms with Gasteiger partial charge in [-0.25, -0.2) is 0 Å². The van der Waals surface area contributed by atoms with Crippen LogP contribution in [-0.2, 0) is 11.3 Å². The number of non-ortho nitro benzene ring substituents is 1. The summed E-state index contributed by atoms with van der Waals surface area (Å²) in [7, 11) is 2.07. The normalized spacial score (nSPS) is 16.5. The van der Waals surface area contributed by atoms with E-state index in [-0.39, 0.29) is 10.6 Å². The Morgan fingerprint density at radius 1 is 1.30 bits per heavy atom. The molecule has 2 rings (SSSR count). The minimum absolute atomic E-state index is 0.143. The Hall–Kier alpha value is -1.50. The van der Waals surface area contributed by atoms with E-state index in [1.807, 2.05) is 12.1 Å². The zero-order valence-corrected chi connectivity index (χ0v) is 11.8. The molecule has 0 radical (unpaired) electrons. The standard InChI is InChI=1S/C14H21N3O3/c1-15(6-7-16-8-10-20-11-9-16)12-13-2-4-14(5-3-13)17(18)19/h2-5H,6-12H2,1H3. The summed E-state index contributed by atoms with van der Waals surface area (Å²) in [6.45, 7) is 6.49. The second-order valence-corrected chi connectivity index (χ2v) is 5.12. The van der Waals surface area contributed by atoms with Crippen LogP contribution in [0, 0.1) is 10.1 Å². The van der Waals surface area contributed by atoms with Crippen molar-refractivity contribution in [3.05, 3.63) is 39.9 Å². The molecule has 0 aromatic heterocycles. The molecule has 20 heavy (non-hydrogen) atoms. The number of hydrogen-bond donors (Lipinski definition) is 0. The molecule has 1 aliphatic heterocycles. The van der Waals surface area contributed by atoms with Crippen molar-refractivity contribution < 1.29 is 9.66 Å². The molecule has 0 saturated carbocycles. The van der Waals surface area contributed by atoms with E-state index in [4.69, 9.17) is 4.74 Å². The van der Waals surface area contributed by atoms with Crippen LogP contribution in [0.5, 0.6) is 0 Å². The largest absolute Gasteiger partial charge is 0.379 e. The van der Waals surface area contributed by atoms with Crippen molar-refractivity contribution in [1.82, 2.24) is 9.80 Å². The number of nitro groups is 1.